The summed E-state index contributed by atoms with van der Waals surface area (Å²) in [6.07, 6.45) is 2.16. The highest BCUT2D eigenvalue weighted by molar-refractivity contribution is 7.90. The molecule has 0 radical (unpaired) electrons. The second-order valence-electron chi connectivity index (χ2n) is 5.18. The van der Waals surface area contributed by atoms with Crippen molar-refractivity contribution in [2.75, 3.05) is 19.3 Å². The Morgan fingerprint density at radius 1 is 1.30 bits per heavy atom. The fourth-order valence-electron chi connectivity index (χ4n) is 2.56. The molecule has 1 heterocycles. The zero-order valence-corrected chi connectivity index (χ0v) is 13.3. The van der Waals surface area contributed by atoms with Crippen molar-refractivity contribution >= 4 is 20.7 Å². The summed E-state index contributed by atoms with van der Waals surface area (Å²) in [5.41, 5.74) is 3.51. The minimum atomic E-state index is -3.16. The Bertz CT molecular complexity index is 730. The minimum absolute atomic E-state index is 0.389. The van der Waals surface area contributed by atoms with Crippen LogP contribution in [0.1, 0.15) is 18.2 Å². The number of nitrogens with one attached hydrogen (secondary N) is 1. The number of benzene rings is 1. The molecule has 0 bridgehead atoms. The average Bonchev–Trinajstić information content (AvgIpc) is 2.62. The predicted molar refractivity (Wildman–Crippen MR) is 83.0 cm³/mol. The van der Waals surface area contributed by atoms with Gasteiger partial charge in [-0.15, -0.1) is 0 Å². The van der Waals surface area contributed by atoms with Gasteiger partial charge in [-0.3, -0.25) is 0 Å². The van der Waals surface area contributed by atoms with Crippen LogP contribution in [0.3, 0.4) is 0 Å². The number of rotatable bonds is 5. The van der Waals surface area contributed by atoms with Crippen molar-refractivity contribution in [1.82, 2.24) is 9.88 Å². The van der Waals surface area contributed by atoms with Gasteiger partial charge in [0.1, 0.15) is 0 Å². The highest BCUT2D eigenvalue weighted by Crippen LogP contribution is 2.27. The fourth-order valence-corrected chi connectivity index (χ4v) is 3.21. The molecule has 0 aliphatic rings. The molecular formula is C15H22N2O2S. The zero-order chi connectivity index (χ0) is 14.9. The summed E-state index contributed by atoms with van der Waals surface area (Å²) in [6.45, 7) is 6.01. The molecule has 0 spiro atoms. The largest absolute Gasteiger partial charge is 0.348 e. The van der Waals surface area contributed by atoms with E-state index in [1.807, 2.05) is 13.1 Å². The first-order chi connectivity index (χ1) is 9.36. The molecule has 2 aromatic rings. The lowest BCUT2D eigenvalue weighted by molar-refractivity contribution is 0.602. The van der Waals surface area contributed by atoms with Gasteiger partial charge in [0.2, 0.25) is 0 Å². The Morgan fingerprint density at radius 3 is 2.60 bits per heavy atom. The van der Waals surface area contributed by atoms with Crippen molar-refractivity contribution in [1.29, 1.82) is 0 Å². The van der Waals surface area contributed by atoms with E-state index < -0.39 is 9.84 Å². The van der Waals surface area contributed by atoms with Gasteiger partial charge in [0.05, 0.1) is 4.90 Å². The maximum atomic E-state index is 11.7. The quantitative estimate of drug-likeness (QED) is 0.859. The van der Waals surface area contributed by atoms with E-state index in [0.29, 0.717) is 4.90 Å². The standard InChI is InChI=1S/C15H22N2O2S/c1-5-16-9-8-13-11(2)17(3)15-7-6-12(10-14(13)15)20(4,18)19/h6-7,10,16H,5,8-9H2,1-4H3. The lowest BCUT2D eigenvalue weighted by Crippen LogP contribution is -2.16. The summed E-state index contributed by atoms with van der Waals surface area (Å²) in [6, 6.07) is 5.39. The number of sulfone groups is 1. The molecule has 20 heavy (non-hydrogen) atoms. The summed E-state index contributed by atoms with van der Waals surface area (Å²) < 4.78 is 25.6. The number of aromatic nitrogens is 1. The number of hydrogen-bond donors (Lipinski definition) is 1. The molecular weight excluding hydrogens is 272 g/mol. The molecule has 1 N–H and O–H groups in total. The van der Waals surface area contributed by atoms with Gasteiger partial charge >= 0.3 is 0 Å². The van der Waals surface area contributed by atoms with Crippen LogP contribution in [0.25, 0.3) is 10.9 Å². The van der Waals surface area contributed by atoms with E-state index in [-0.39, 0.29) is 0 Å². The molecule has 2 rings (SSSR count). The zero-order valence-electron chi connectivity index (χ0n) is 12.5. The van der Waals surface area contributed by atoms with Crippen molar-refractivity contribution in [2.24, 2.45) is 7.05 Å². The van der Waals surface area contributed by atoms with Crippen LogP contribution < -0.4 is 5.32 Å². The predicted octanol–water partition coefficient (Wildman–Crippen LogP) is 2.04. The summed E-state index contributed by atoms with van der Waals surface area (Å²) in [5.74, 6) is 0. The van der Waals surface area contributed by atoms with Crippen LogP contribution in [0.5, 0.6) is 0 Å². The Labute approximate surface area is 120 Å². The van der Waals surface area contributed by atoms with Gasteiger partial charge in [-0.05, 0) is 50.2 Å². The van der Waals surface area contributed by atoms with E-state index >= 15 is 0 Å². The smallest absolute Gasteiger partial charge is 0.175 e. The normalized spacial score (nSPS) is 12.2. The van der Waals surface area contributed by atoms with Crippen LogP contribution in [0.4, 0.5) is 0 Å². The van der Waals surface area contributed by atoms with E-state index in [1.54, 1.807) is 12.1 Å². The second-order valence-corrected chi connectivity index (χ2v) is 7.19. The summed E-state index contributed by atoms with van der Waals surface area (Å²) >= 11 is 0. The number of nitrogens with zero attached hydrogens (tertiary/aromatic N) is 1. The second kappa shape index (κ2) is 5.58. The van der Waals surface area contributed by atoms with Crippen molar-refractivity contribution in [3.8, 4) is 0 Å². The molecule has 0 aliphatic heterocycles. The first-order valence-corrected chi connectivity index (χ1v) is 8.74. The molecule has 1 aromatic carbocycles. The molecule has 0 aliphatic carbocycles. The Balaban J connectivity index is 2.57. The van der Waals surface area contributed by atoms with E-state index in [9.17, 15) is 8.42 Å². The topological polar surface area (TPSA) is 51.1 Å². The molecule has 0 unspecified atom stereocenters. The van der Waals surface area contributed by atoms with Crippen LogP contribution in [-0.4, -0.2) is 32.3 Å². The Morgan fingerprint density at radius 2 is 2.00 bits per heavy atom. The van der Waals surface area contributed by atoms with Crippen LogP contribution in [0.2, 0.25) is 0 Å². The fraction of sp³-hybridized carbons (Fsp3) is 0.467. The highest BCUT2D eigenvalue weighted by atomic mass is 32.2. The van der Waals surface area contributed by atoms with E-state index in [2.05, 4.69) is 23.7 Å². The Kier molecular flexibility index (Phi) is 4.20. The van der Waals surface area contributed by atoms with Crippen LogP contribution >= 0.6 is 0 Å². The van der Waals surface area contributed by atoms with E-state index in [1.165, 1.54) is 17.5 Å². The minimum Gasteiger partial charge on any atom is -0.348 e. The maximum Gasteiger partial charge on any atom is 0.175 e. The van der Waals surface area contributed by atoms with Gasteiger partial charge in [-0.2, -0.15) is 0 Å². The molecule has 110 valence electrons. The molecule has 0 saturated carbocycles. The van der Waals surface area contributed by atoms with Crippen LogP contribution in [-0.2, 0) is 23.3 Å². The summed E-state index contributed by atoms with van der Waals surface area (Å²) in [4.78, 5) is 0.389. The van der Waals surface area contributed by atoms with Gasteiger partial charge in [-0.1, -0.05) is 6.92 Å². The third kappa shape index (κ3) is 2.74. The average molecular weight is 294 g/mol. The monoisotopic (exact) mass is 294 g/mol. The van der Waals surface area contributed by atoms with Crippen molar-refractivity contribution < 1.29 is 8.42 Å². The Hall–Kier alpha value is -1.33. The van der Waals surface area contributed by atoms with Gasteiger partial charge in [0.25, 0.3) is 0 Å². The molecule has 0 saturated heterocycles. The number of likely N-dealkylation sites (N-methyl/N-ethyl adjacent to an activating group) is 1. The van der Waals surface area contributed by atoms with Gasteiger partial charge in [-0.25, -0.2) is 8.42 Å². The molecule has 1 aromatic heterocycles. The summed E-state index contributed by atoms with van der Waals surface area (Å²) in [5, 5.41) is 4.36. The maximum absolute atomic E-state index is 11.7. The number of fused-ring (bicyclic) bond motifs is 1. The van der Waals surface area contributed by atoms with Gasteiger partial charge in [0.15, 0.2) is 9.84 Å². The SMILES string of the molecule is CCNCCc1c(C)n(C)c2ccc(S(C)(=O)=O)cc12. The highest BCUT2D eigenvalue weighted by Gasteiger charge is 2.15. The van der Waals surface area contributed by atoms with Crippen molar-refractivity contribution in [3.05, 3.63) is 29.5 Å². The first-order valence-electron chi connectivity index (χ1n) is 6.85. The van der Waals surface area contributed by atoms with Gasteiger partial charge < -0.3 is 9.88 Å². The van der Waals surface area contributed by atoms with Crippen LogP contribution in [0, 0.1) is 6.92 Å². The molecule has 0 amide bonds. The molecule has 4 nitrogen and oxygen atoms in total. The first kappa shape index (κ1) is 15.1. The molecule has 5 heteroatoms. The van der Waals surface area contributed by atoms with Gasteiger partial charge in [0, 0.05) is 29.9 Å². The lowest BCUT2D eigenvalue weighted by Gasteiger charge is -2.04. The van der Waals surface area contributed by atoms with Crippen molar-refractivity contribution in [3.63, 3.8) is 0 Å². The summed E-state index contributed by atoms with van der Waals surface area (Å²) in [7, 11) is -1.14. The van der Waals surface area contributed by atoms with E-state index in [0.717, 1.165) is 30.4 Å². The number of hydrogen-bond acceptors (Lipinski definition) is 3. The third-order valence-corrected chi connectivity index (χ3v) is 4.93. The number of aryl methyl sites for hydroxylation is 1. The molecule has 0 fully saturated rings. The lowest BCUT2D eigenvalue weighted by atomic mass is 10.1. The third-order valence-electron chi connectivity index (χ3n) is 3.82. The molecule has 0 atom stereocenters. The van der Waals surface area contributed by atoms with E-state index in [4.69, 9.17) is 0 Å². The van der Waals surface area contributed by atoms with Crippen molar-refractivity contribution in [2.45, 2.75) is 25.2 Å². The van der Waals surface area contributed by atoms with Crippen LogP contribution in [0.15, 0.2) is 23.1 Å².